The molecule has 0 atom stereocenters. The van der Waals surface area contributed by atoms with E-state index >= 15 is 0 Å². The Hall–Kier alpha value is -3.40. The van der Waals surface area contributed by atoms with Crippen LogP contribution in [0.15, 0.2) is 36.4 Å². The topological polar surface area (TPSA) is 121 Å². The van der Waals surface area contributed by atoms with Crippen molar-refractivity contribution >= 4 is 24.1 Å². The van der Waals surface area contributed by atoms with Gasteiger partial charge < -0.3 is 33.9 Å². The summed E-state index contributed by atoms with van der Waals surface area (Å²) in [6, 6.07) is 9.58. The fraction of sp³-hybridized carbons (Fsp3) is 0.333. The largest absolute Gasteiger partial charge is 0.487 e. The second kappa shape index (κ2) is 12.6. The molecule has 0 radical (unpaired) electrons. The molecule has 0 aliphatic carbocycles. The molecule has 1 heterocycles. The first-order chi connectivity index (χ1) is 16.0. The number of hydrogen-bond donors (Lipinski definition) is 2. The molecule has 9 heteroatoms. The van der Waals surface area contributed by atoms with Crippen LogP contribution in [0.1, 0.15) is 31.8 Å². The third-order valence-electron chi connectivity index (χ3n) is 4.65. The van der Waals surface area contributed by atoms with Crippen LogP contribution in [0.2, 0.25) is 0 Å². The Morgan fingerprint density at radius 2 is 1.09 bits per heavy atom. The van der Waals surface area contributed by atoms with Gasteiger partial charge in [-0.1, -0.05) is 24.3 Å². The van der Waals surface area contributed by atoms with Crippen molar-refractivity contribution in [1.29, 1.82) is 0 Å². The van der Waals surface area contributed by atoms with Gasteiger partial charge in [0.05, 0.1) is 50.8 Å². The Labute approximate surface area is 191 Å². The third-order valence-corrected chi connectivity index (χ3v) is 4.65. The molecule has 176 valence electrons. The lowest BCUT2D eigenvalue weighted by Gasteiger charge is -2.13. The van der Waals surface area contributed by atoms with E-state index in [4.69, 9.17) is 28.8 Å². The van der Waals surface area contributed by atoms with E-state index in [1.807, 2.05) is 6.07 Å². The summed E-state index contributed by atoms with van der Waals surface area (Å²) in [6.45, 7) is 3.44. The van der Waals surface area contributed by atoms with E-state index in [1.54, 1.807) is 30.4 Å². The summed E-state index contributed by atoms with van der Waals surface area (Å²) in [6.07, 6.45) is 3.47. The van der Waals surface area contributed by atoms with E-state index < -0.39 is 11.9 Å². The Kier molecular flexibility index (Phi) is 9.25. The Morgan fingerprint density at radius 3 is 1.67 bits per heavy atom. The number of fused-ring (bicyclic) bond motifs is 1. The van der Waals surface area contributed by atoms with Gasteiger partial charge in [0.1, 0.15) is 13.2 Å². The second-order valence-electron chi connectivity index (χ2n) is 6.99. The zero-order valence-corrected chi connectivity index (χ0v) is 18.0. The molecule has 2 aromatic carbocycles. The van der Waals surface area contributed by atoms with Crippen LogP contribution in [0, 0.1) is 0 Å². The maximum absolute atomic E-state index is 11.4. The van der Waals surface area contributed by atoms with Gasteiger partial charge in [0.25, 0.3) is 0 Å². The van der Waals surface area contributed by atoms with Crippen LogP contribution >= 0.6 is 0 Å². The zero-order valence-electron chi connectivity index (χ0n) is 18.0. The highest BCUT2D eigenvalue weighted by molar-refractivity contribution is 6.02. The molecule has 0 bridgehead atoms. The fourth-order valence-electron chi connectivity index (χ4n) is 3.04. The summed E-state index contributed by atoms with van der Waals surface area (Å²) in [4.78, 5) is 22.6. The molecule has 9 nitrogen and oxygen atoms in total. The summed E-state index contributed by atoms with van der Waals surface area (Å²) in [5.74, 6) is -1.48. The van der Waals surface area contributed by atoms with Gasteiger partial charge in [0, 0.05) is 0 Å². The van der Waals surface area contributed by atoms with Crippen molar-refractivity contribution in [3.63, 3.8) is 0 Å². The van der Waals surface area contributed by atoms with Crippen molar-refractivity contribution in [3.8, 4) is 11.5 Å². The number of ether oxygens (including phenoxy) is 5. The smallest absolute Gasteiger partial charge is 0.336 e. The normalized spacial score (nSPS) is 16.0. The number of carboxylic acids is 2. The van der Waals surface area contributed by atoms with E-state index in [0.29, 0.717) is 69.9 Å². The third kappa shape index (κ3) is 7.60. The number of rotatable bonds is 4. The summed E-state index contributed by atoms with van der Waals surface area (Å²) < 4.78 is 28.0. The molecule has 0 saturated heterocycles. The van der Waals surface area contributed by atoms with Crippen molar-refractivity contribution in [1.82, 2.24) is 0 Å². The van der Waals surface area contributed by atoms with E-state index in [-0.39, 0.29) is 11.1 Å². The summed E-state index contributed by atoms with van der Waals surface area (Å²) in [5, 5.41) is 18.4. The van der Waals surface area contributed by atoms with Gasteiger partial charge in [-0.25, -0.2) is 9.59 Å². The lowest BCUT2D eigenvalue weighted by molar-refractivity contribution is 0.00708. The molecule has 1 aliphatic heterocycles. The van der Waals surface area contributed by atoms with Gasteiger partial charge >= 0.3 is 11.9 Å². The first-order valence-electron chi connectivity index (χ1n) is 10.5. The quantitative estimate of drug-likeness (QED) is 0.666. The predicted octanol–water partition coefficient (Wildman–Crippen LogP) is 3.07. The Balaban J connectivity index is 1.75. The lowest BCUT2D eigenvalue weighted by Crippen LogP contribution is -2.13. The van der Waals surface area contributed by atoms with Crippen LogP contribution in [-0.4, -0.2) is 75.0 Å². The maximum atomic E-state index is 11.4. The molecule has 3 rings (SSSR count). The van der Waals surface area contributed by atoms with Crippen molar-refractivity contribution in [2.75, 3.05) is 52.9 Å². The molecule has 33 heavy (non-hydrogen) atoms. The number of hydrogen-bond acceptors (Lipinski definition) is 7. The van der Waals surface area contributed by atoms with Crippen molar-refractivity contribution in [2.24, 2.45) is 0 Å². The van der Waals surface area contributed by atoms with Crippen LogP contribution in [0.4, 0.5) is 0 Å². The number of carbonyl (C=O) groups is 2. The zero-order chi connectivity index (χ0) is 23.5. The van der Waals surface area contributed by atoms with Gasteiger partial charge in [-0.15, -0.1) is 0 Å². The molecule has 0 fully saturated rings. The molecule has 0 saturated carbocycles. The first-order valence-corrected chi connectivity index (χ1v) is 10.5. The Bertz CT molecular complexity index is 984. The maximum Gasteiger partial charge on any atom is 0.336 e. The van der Waals surface area contributed by atoms with Gasteiger partial charge in [-0.2, -0.15) is 0 Å². The van der Waals surface area contributed by atoms with E-state index in [9.17, 15) is 14.7 Å². The SMILES string of the molecule is O=C(O)c1ccc(/C=C/c2ccc3c(c2)OCCOCCOCCOCCO3)cc1C(=O)O. The monoisotopic (exact) mass is 458 g/mol. The van der Waals surface area contributed by atoms with Crippen LogP contribution in [0.5, 0.6) is 11.5 Å². The van der Waals surface area contributed by atoms with Gasteiger partial charge in [0.2, 0.25) is 0 Å². The molecule has 2 aromatic rings. The van der Waals surface area contributed by atoms with Crippen molar-refractivity contribution in [3.05, 3.63) is 58.7 Å². The van der Waals surface area contributed by atoms with Crippen molar-refractivity contribution in [2.45, 2.75) is 0 Å². The fourth-order valence-corrected chi connectivity index (χ4v) is 3.04. The second-order valence-corrected chi connectivity index (χ2v) is 6.99. The summed E-state index contributed by atoms with van der Waals surface area (Å²) >= 11 is 0. The van der Waals surface area contributed by atoms with Crippen LogP contribution in [0.25, 0.3) is 12.2 Å². The Morgan fingerprint density at radius 1 is 0.606 bits per heavy atom. The summed E-state index contributed by atoms with van der Waals surface area (Å²) in [5.41, 5.74) is 0.817. The van der Waals surface area contributed by atoms with Crippen LogP contribution in [-0.2, 0) is 14.2 Å². The van der Waals surface area contributed by atoms with Gasteiger partial charge in [-0.05, 0) is 35.4 Å². The number of aromatic carboxylic acids is 2. The standard InChI is InChI=1S/C24H26O9/c25-23(26)19-5-3-17(15-20(19)24(27)28)1-2-18-4-6-21-22(16-18)33-14-12-31-10-8-29-7-9-30-11-13-32-21/h1-6,15-16H,7-14H2,(H,25,26)(H,27,28)/b2-1+. The minimum absolute atomic E-state index is 0.259. The molecule has 0 unspecified atom stereocenters. The molecular weight excluding hydrogens is 432 g/mol. The minimum atomic E-state index is -1.30. The number of carboxylic acid groups (broad SMARTS) is 2. The average Bonchev–Trinajstić information content (AvgIpc) is 2.81. The van der Waals surface area contributed by atoms with Gasteiger partial charge in [0.15, 0.2) is 11.5 Å². The molecule has 0 aromatic heterocycles. The van der Waals surface area contributed by atoms with Crippen LogP contribution < -0.4 is 9.47 Å². The van der Waals surface area contributed by atoms with E-state index in [1.165, 1.54) is 12.1 Å². The highest BCUT2D eigenvalue weighted by atomic mass is 16.6. The molecule has 0 amide bonds. The first kappa shape index (κ1) is 24.2. The van der Waals surface area contributed by atoms with E-state index in [2.05, 4.69) is 0 Å². The minimum Gasteiger partial charge on any atom is -0.487 e. The highest BCUT2D eigenvalue weighted by Gasteiger charge is 2.15. The van der Waals surface area contributed by atoms with Crippen LogP contribution in [0.3, 0.4) is 0 Å². The molecule has 0 spiro atoms. The lowest BCUT2D eigenvalue weighted by atomic mass is 10.0. The molecule has 2 N–H and O–H groups in total. The van der Waals surface area contributed by atoms with Gasteiger partial charge in [-0.3, -0.25) is 0 Å². The number of benzene rings is 2. The van der Waals surface area contributed by atoms with Crippen molar-refractivity contribution < 1.29 is 43.5 Å². The highest BCUT2D eigenvalue weighted by Crippen LogP contribution is 2.29. The summed E-state index contributed by atoms with van der Waals surface area (Å²) in [7, 11) is 0. The average molecular weight is 458 g/mol. The molecule has 1 aliphatic rings. The predicted molar refractivity (Wildman–Crippen MR) is 119 cm³/mol. The van der Waals surface area contributed by atoms with E-state index in [0.717, 1.165) is 5.56 Å². The molecular formula is C24H26O9.